The van der Waals surface area contributed by atoms with E-state index in [2.05, 4.69) is 15.3 Å². The smallest absolute Gasteiger partial charge is 0.249 e. The van der Waals surface area contributed by atoms with Crippen LogP contribution in [0, 0.1) is 13.8 Å². The van der Waals surface area contributed by atoms with Crippen LogP contribution in [0.5, 0.6) is 0 Å². The molecule has 1 aliphatic rings. The lowest BCUT2D eigenvalue weighted by Gasteiger charge is -2.21. The molecule has 1 amide bonds. The molecule has 124 valence electrons. The first-order chi connectivity index (χ1) is 11.0. The number of aryl methyl sites for hydroxylation is 2. The van der Waals surface area contributed by atoms with Crippen LogP contribution in [0.15, 0.2) is 9.05 Å². The fourth-order valence-electron chi connectivity index (χ4n) is 2.95. The molecule has 2 aromatic rings. The highest BCUT2D eigenvalue weighted by molar-refractivity contribution is 5.79. The Labute approximate surface area is 135 Å². The molecular weight excluding hydrogens is 296 g/mol. The van der Waals surface area contributed by atoms with E-state index in [1.807, 2.05) is 32.6 Å². The van der Waals surface area contributed by atoms with Crippen LogP contribution in [0.1, 0.15) is 67.4 Å². The molecule has 1 saturated heterocycles. The van der Waals surface area contributed by atoms with Crippen LogP contribution in [-0.2, 0) is 11.2 Å². The van der Waals surface area contributed by atoms with Crippen LogP contribution in [0.2, 0.25) is 0 Å². The first-order valence-electron chi connectivity index (χ1n) is 8.02. The second kappa shape index (κ2) is 6.14. The average molecular weight is 318 g/mol. The van der Waals surface area contributed by atoms with Gasteiger partial charge in [-0.3, -0.25) is 4.79 Å². The van der Waals surface area contributed by atoms with E-state index in [1.165, 1.54) is 0 Å². The molecule has 2 aromatic heterocycles. The zero-order valence-electron chi connectivity index (χ0n) is 14.0. The van der Waals surface area contributed by atoms with Gasteiger partial charge < -0.3 is 13.9 Å². The molecule has 7 heteroatoms. The summed E-state index contributed by atoms with van der Waals surface area (Å²) < 4.78 is 10.5. The van der Waals surface area contributed by atoms with Crippen molar-refractivity contribution in [3.63, 3.8) is 0 Å². The number of hydrogen-bond donors (Lipinski definition) is 0. The van der Waals surface area contributed by atoms with E-state index in [9.17, 15) is 4.79 Å². The zero-order valence-corrected chi connectivity index (χ0v) is 14.0. The number of rotatable bonds is 4. The molecule has 0 radical (unpaired) electrons. The van der Waals surface area contributed by atoms with E-state index in [0.29, 0.717) is 30.4 Å². The number of aromatic nitrogens is 3. The Balaban J connectivity index is 1.76. The number of carbonyl (C=O) groups is 1. The van der Waals surface area contributed by atoms with E-state index in [1.54, 1.807) is 0 Å². The van der Waals surface area contributed by atoms with Gasteiger partial charge in [-0.25, -0.2) is 0 Å². The quantitative estimate of drug-likeness (QED) is 0.861. The Bertz CT molecular complexity index is 684. The Morgan fingerprint density at radius 1 is 1.30 bits per heavy atom. The zero-order chi connectivity index (χ0) is 16.6. The summed E-state index contributed by atoms with van der Waals surface area (Å²) in [7, 11) is 0. The molecule has 7 nitrogen and oxygen atoms in total. The molecule has 0 aromatic carbocycles. The van der Waals surface area contributed by atoms with Crippen molar-refractivity contribution >= 4 is 5.91 Å². The molecule has 1 fully saturated rings. The number of likely N-dealkylation sites (tertiary alicyclic amines) is 1. The van der Waals surface area contributed by atoms with Gasteiger partial charge in [0.05, 0.1) is 12.1 Å². The molecule has 0 N–H and O–H groups in total. The Kier molecular flexibility index (Phi) is 4.19. The van der Waals surface area contributed by atoms with Gasteiger partial charge >= 0.3 is 0 Å². The molecule has 0 aliphatic carbocycles. The minimum Gasteiger partial charge on any atom is -0.361 e. The van der Waals surface area contributed by atoms with Crippen molar-refractivity contribution in [1.29, 1.82) is 0 Å². The second-order valence-electron chi connectivity index (χ2n) is 6.37. The molecule has 1 aliphatic heterocycles. The van der Waals surface area contributed by atoms with Gasteiger partial charge in [0.15, 0.2) is 5.82 Å². The summed E-state index contributed by atoms with van der Waals surface area (Å²) >= 11 is 0. The standard InChI is InChI=1S/C16H22N4O3/c1-9(2)15-17-16(23-19-15)13-6-5-7-20(13)14(21)8-12-10(3)18-22-11(12)4/h9,13H,5-8H2,1-4H3/t13-/m0/s1. The van der Waals surface area contributed by atoms with Crippen LogP contribution in [0.4, 0.5) is 0 Å². The third-order valence-corrected chi connectivity index (χ3v) is 4.34. The highest BCUT2D eigenvalue weighted by atomic mass is 16.5. The van der Waals surface area contributed by atoms with Gasteiger partial charge in [0.25, 0.3) is 0 Å². The SMILES string of the molecule is Cc1noc(C)c1CC(=O)N1CCC[C@H]1c1nc(C(C)C)no1. The lowest BCUT2D eigenvalue weighted by atomic mass is 10.1. The van der Waals surface area contributed by atoms with E-state index in [0.717, 1.165) is 24.1 Å². The van der Waals surface area contributed by atoms with Crippen LogP contribution < -0.4 is 0 Å². The summed E-state index contributed by atoms with van der Waals surface area (Å²) in [6.45, 7) is 8.43. The van der Waals surface area contributed by atoms with Crippen molar-refractivity contribution in [3.8, 4) is 0 Å². The third kappa shape index (κ3) is 3.00. The van der Waals surface area contributed by atoms with E-state index in [-0.39, 0.29) is 17.9 Å². The van der Waals surface area contributed by atoms with E-state index < -0.39 is 0 Å². The van der Waals surface area contributed by atoms with Crippen molar-refractivity contribution in [3.05, 3.63) is 28.7 Å². The third-order valence-electron chi connectivity index (χ3n) is 4.34. The van der Waals surface area contributed by atoms with Gasteiger partial charge in [0, 0.05) is 18.0 Å². The van der Waals surface area contributed by atoms with Gasteiger partial charge in [-0.1, -0.05) is 24.2 Å². The van der Waals surface area contributed by atoms with Crippen molar-refractivity contribution in [2.24, 2.45) is 0 Å². The maximum Gasteiger partial charge on any atom is 0.249 e. The molecule has 3 heterocycles. The number of nitrogens with zero attached hydrogens (tertiary/aromatic N) is 4. The van der Waals surface area contributed by atoms with Crippen LogP contribution in [-0.4, -0.2) is 32.6 Å². The van der Waals surface area contributed by atoms with Crippen LogP contribution in [0.25, 0.3) is 0 Å². The molecule has 3 rings (SSSR count). The predicted molar refractivity (Wildman–Crippen MR) is 81.8 cm³/mol. The lowest BCUT2D eigenvalue weighted by molar-refractivity contribution is -0.131. The minimum atomic E-state index is -0.122. The normalized spacial score (nSPS) is 18.1. The van der Waals surface area contributed by atoms with Gasteiger partial charge in [0.1, 0.15) is 11.8 Å². The van der Waals surface area contributed by atoms with Crippen molar-refractivity contribution in [1.82, 2.24) is 20.2 Å². The van der Waals surface area contributed by atoms with Gasteiger partial charge in [0.2, 0.25) is 11.8 Å². The minimum absolute atomic E-state index is 0.0474. The largest absolute Gasteiger partial charge is 0.361 e. The number of hydrogen-bond acceptors (Lipinski definition) is 6. The van der Waals surface area contributed by atoms with Crippen molar-refractivity contribution < 1.29 is 13.8 Å². The lowest BCUT2D eigenvalue weighted by Crippen LogP contribution is -2.32. The highest BCUT2D eigenvalue weighted by Gasteiger charge is 2.34. The molecule has 0 bridgehead atoms. The molecular formula is C16H22N4O3. The summed E-state index contributed by atoms with van der Waals surface area (Å²) in [6, 6.07) is -0.122. The van der Waals surface area contributed by atoms with E-state index in [4.69, 9.17) is 9.05 Å². The molecule has 23 heavy (non-hydrogen) atoms. The fourth-order valence-corrected chi connectivity index (χ4v) is 2.95. The monoisotopic (exact) mass is 318 g/mol. The first kappa shape index (κ1) is 15.7. The molecule has 1 atom stereocenters. The number of amides is 1. The predicted octanol–water partition coefficient (Wildman–Crippen LogP) is 2.70. The summed E-state index contributed by atoms with van der Waals surface area (Å²) in [5, 5.41) is 7.92. The summed E-state index contributed by atoms with van der Waals surface area (Å²) in [4.78, 5) is 19.0. The van der Waals surface area contributed by atoms with Crippen molar-refractivity contribution in [2.75, 3.05) is 6.54 Å². The number of carbonyl (C=O) groups excluding carboxylic acids is 1. The maximum absolute atomic E-state index is 12.7. The molecule has 0 saturated carbocycles. The first-order valence-corrected chi connectivity index (χ1v) is 8.02. The van der Waals surface area contributed by atoms with Crippen LogP contribution in [0.3, 0.4) is 0 Å². The van der Waals surface area contributed by atoms with Crippen LogP contribution >= 0.6 is 0 Å². The summed E-state index contributed by atoms with van der Waals surface area (Å²) in [5.74, 6) is 2.18. The van der Waals surface area contributed by atoms with Crippen molar-refractivity contribution in [2.45, 2.75) is 58.9 Å². The highest BCUT2D eigenvalue weighted by Crippen LogP contribution is 2.32. The van der Waals surface area contributed by atoms with Gasteiger partial charge in [-0.05, 0) is 26.7 Å². The maximum atomic E-state index is 12.7. The van der Waals surface area contributed by atoms with Gasteiger partial charge in [-0.2, -0.15) is 4.98 Å². The Morgan fingerprint density at radius 3 is 2.70 bits per heavy atom. The summed E-state index contributed by atoms with van der Waals surface area (Å²) in [5.41, 5.74) is 1.64. The second-order valence-corrected chi connectivity index (χ2v) is 6.37. The average Bonchev–Trinajstić information content (AvgIpc) is 3.21. The van der Waals surface area contributed by atoms with E-state index >= 15 is 0 Å². The molecule has 0 spiro atoms. The topological polar surface area (TPSA) is 85.3 Å². The fraction of sp³-hybridized carbons (Fsp3) is 0.625. The Morgan fingerprint density at radius 2 is 2.09 bits per heavy atom. The Hall–Kier alpha value is -2.18. The van der Waals surface area contributed by atoms with Gasteiger partial charge in [-0.15, -0.1) is 0 Å². The summed E-state index contributed by atoms with van der Waals surface area (Å²) in [6.07, 6.45) is 2.09. The molecule has 0 unspecified atom stereocenters.